The molecule has 0 spiro atoms. The molecule has 2 nitrogen and oxygen atoms in total. The van der Waals surface area contributed by atoms with Gasteiger partial charge < -0.3 is 9.47 Å². The monoisotopic (exact) mass is 214 g/mol. The van der Waals surface area contributed by atoms with Crippen molar-refractivity contribution in [2.45, 2.75) is 0 Å². The van der Waals surface area contributed by atoms with E-state index in [9.17, 15) is 0 Å². The van der Waals surface area contributed by atoms with Crippen molar-refractivity contribution in [2.75, 3.05) is 14.2 Å². The maximum Gasteiger partial charge on any atom is 0.126 e. The average Bonchev–Trinajstić information content (AvgIpc) is 2.39. The van der Waals surface area contributed by atoms with Gasteiger partial charge in [0.1, 0.15) is 11.5 Å². The molecule has 16 heavy (non-hydrogen) atoms. The van der Waals surface area contributed by atoms with Crippen molar-refractivity contribution in [3.8, 4) is 22.6 Å². The van der Waals surface area contributed by atoms with Crippen molar-refractivity contribution in [2.24, 2.45) is 0 Å². The van der Waals surface area contributed by atoms with Crippen LogP contribution < -0.4 is 9.47 Å². The number of benzene rings is 2. The van der Waals surface area contributed by atoms with Crippen LogP contribution in [0.2, 0.25) is 0 Å². The fraction of sp³-hybridized carbons (Fsp3) is 0.143. The summed E-state index contributed by atoms with van der Waals surface area (Å²) in [7, 11) is 3.34. The van der Waals surface area contributed by atoms with E-state index in [2.05, 4.69) is 12.1 Å². The van der Waals surface area contributed by atoms with E-state index in [0.717, 1.165) is 22.6 Å². The molecule has 0 saturated carbocycles. The molecule has 2 rings (SSSR count). The summed E-state index contributed by atoms with van der Waals surface area (Å²) in [4.78, 5) is 0. The fourth-order valence-corrected chi connectivity index (χ4v) is 1.66. The second-order valence-electron chi connectivity index (χ2n) is 3.43. The van der Waals surface area contributed by atoms with Crippen LogP contribution in [0.1, 0.15) is 0 Å². The molecule has 0 aliphatic carbocycles. The Hall–Kier alpha value is -1.96. The quantitative estimate of drug-likeness (QED) is 0.779. The SMILES string of the molecule is COc1ccc(OC)c(-c2ccccc2)c1. The van der Waals surface area contributed by atoms with E-state index >= 15 is 0 Å². The zero-order chi connectivity index (χ0) is 11.4. The maximum absolute atomic E-state index is 5.34. The molecule has 0 N–H and O–H groups in total. The Balaban J connectivity index is 2.53. The Morgan fingerprint density at radius 3 is 2.19 bits per heavy atom. The molecule has 2 aromatic rings. The third-order valence-electron chi connectivity index (χ3n) is 2.49. The van der Waals surface area contributed by atoms with Crippen LogP contribution in [0.4, 0.5) is 0 Å². The Morgan fingerprint density at radius 1 is 0.812 bits per heavy atom. The van der Waals surface area contributed by atoms with Crippen LogP contribution in [0.3, 0.4) is 0 Å². The number of ether oxygens (including phenoxy) is 2. The first kappa shape index (κ1) is 10.6. The zero-order valence-corrected chi connectivity index (χ0v) is 9.44. The predicted octanol–water partition coefficient (Wildman–Crippen LogP) is 3.37. The van der Waals surface area contributed by atoms with E-state index in [-0.39, 0.29) is 0 Å². The van der Waals surface area contributed by atoms with E-state index in [1.54, 1.807) is 14.2 Å². The number of hydrogen-bond donors (Lipinski definition) is 0. The van der Waals surface area contributed by atoms with Crippen LogP contribution in [0.5, 0.6) is 11.5 Å². The molecule has 0 fully saturated rings. The molecular formula is C14H14O2. The highest BCUT2D eigenvalue weighted by atomic mass is 16.5. The molecule has 0 aliphatic heterocycles. The molecule has 0 heterocycles. The van der Waals surface area contributed by atoms with Crippen LogP contribution in [0.15, 0.2) is 48.5 Å². The summed E-state index contributed by atoms with van der Waals surface area (Å²) in [6, 6.07) is 15.9. The summed E-state index contributed by atoms with van der Waals surface area (Å²) in [6.07, 6.45) is 0. The molecule has 0 bridgehead atoms. The lowest BCUT2D eigenvalue weighted by Gasteiger charge is -2.10. The van der Waals surface area contributed by atoms with Crippen molar-refractivity contribution in [3.05, 3.63) is 48.5 Å². The van der Waals surface area contributed by atoms with Gasteiger partial charge in [-0.1, -0.05) is 30.3 Å². The van der Waals surface area contributed by atoms with Gasteiger partial charge in [-0.2, -0.15) is 0 Å². The topological polar surface area (TPSA) is 18.5 Å². The minimum Gasteiger partial charge on any atom is -0.497 e. The van der Waals surface area contributed by atoms with Crippen molar-refractivity contribution in [1.82, 2.24) is 0 Å². The first-order valence-electron chi connectivity index (χ1n) is 5.12. The summed E-state index contributed by atoms with van der Waals surface area (Å²) < 4.78 is 10.6. The summed E-state index contributed by atoms with van der Waals surface area (Å²) >= 11 is 0. The maximum atomic E-state index is 5.34. The number of rotatable bonds is 3. The predicted molar refractivity (Wildman–Crippen MR) is 65.0 cm³/mol. The average molecular weight is 214 g/mol. The van der Waals surface area contributed by atoms with Gasteiger partial charge in [0.2, 0.25) is 0 Å². The minimum absolute atomic E-state index is 0.833. The summed E-state index contributed by atoms with van der Waals surface area (Å²) in [5.41, 5.74) is 2.17. The second kappa shape index (κ2) is 4.71. The van der Waals surface area contributed by atoms with Crippen LogP contribution in [0, 0.1) is 0 Å². The lowest BCUT2D eigenvalue weighted by Crippen LogP contribution is -1.89. The molecule has 0 unspecified atom stereocenters. The summed E-state index contributed by atoms with van der Waals surface area (Å²) in [6.45, 7) is 0. The highest BCUT2D eigenvalue weighted by Crippen LogP contribution is 2.32. The minimum atomic E-state index is 0.833. The Bertz CT molecular complexity index is 463. The van der Waals surface area contributed by atoms with Crippen molar-refractivity contribution in [1.29, 1.82) is 0 Å². The molecular weight excluding hydrogens is 200 g/mol. The van der Waals surface area contributed by atoms with E-state index in [4.69, 9.17) is 9.47 Å². The molecule has 0 aromatic heterocycles. The normalized spacial score (nSPS) is 9.88. The first-order chi connectivity index (χ1) is 7.85. The highest BCUT2D eigenvalue weighted by molar-refractivity contribution is 5.71. The Kier molecular flexibility index (Phi) is 3.10. The van der Waals surface area contributed by atoms with Gasteiger partial charge >= 0.3 is 0 Å². The van der Waals surface area contributed by atoms with Gasteiger partial charge in [-0.3, -0.25) is 0 Å². The zero-order valence-electron chi connectivity index (χ0n) is 9.44. The molecule has 0 aliphatic rings. The van der Waals surface area contributed by atoms with Gasteiger partial charge in [-0.05, 0) is 23.8 Å². The van der Waals surface area contributed by atoms with E-state index < -0.39 is 0 Å². The highest BCUT2D eigenvalue weighted by Gasteiger charge is 2.06. The molecule has 0 amide bonds. The standard InChI is InChI=1S/C14H14O2/c1-15-12-8-9-14(16-2)13(10-12)11-6-4-3-5-7-11/h3-10H,1-2H3. The molecule has 0 saturated heterocycles. The van der Waals surface area contributed by atoms with Gasteiger partial charge in [0.15, 0.2) is 0 Å². The van der Waals surface area contributed by atoms with Gasteiger partial charge in [-0.15, -0.1) is 0 Å². The van der Waals surface area contributed by atoms with Gasteiger partial charge in [0.05, 0.1) is 14.2 Å². The van der Waals surface area contributed by atoms with Crippen LogP contribution in [-0.2, 0) is 0 Å². The Labute approximate surface area is 95.4 Å². The summed E-state index contributed by atoms with van der Waals surface area (Å²) in [5.74, 6) is 1.69. The van der Waals surface area contributed by atoms with Crippen molar-refractivity contribution < 1.29 is 9.47 Å². The second-order valence-corrected chi connectivity index (χ2v) is 3.43. The lowest BCUT2D eigenvalue weighted by molar-refractivity contribution is 0.404. The molecule has 0 radical (unpaired) electrons. The van der Waals surface area contributed by atoms with Gasteiger partial charge in [-0.25, -0.2) is 0 Å². The van der Waals surface area contributed by atoms with E-state index in [0.29, 0.717) is 0 Å². The number of methoxy groups -OCH3 is 2. The summed E-state index contributed by atoms with van der Waals surface area (Å²) in [5, 5.41) is 0. The van der Waals surface area contributed by atoms with Gasteiger partial charge in [0, 0.05) is 5.56 Å². The smallest absolute Gasteiger partial charge is 0.126 e. The van der Waals surface area contributed by atoms with E-state index in [1.807, 2.05) is 36.4 Å². The fourth-order valence-electron chi connectivity index (χ4n) is 1.66. The molecule has 82 valence electrons. The van der Waals surface area contributed by atoms with E-state index in [1.165, 1.54) is 0 Å². The molecule has 2 heteroatoms. The van der Waals surface area contributed by atoms with Crippen LogP contribution in [0.25, 0.3) is 11.1 Å². The lowest BCUT2D eigenvalue weighted by atomic mass is 10.0. The van der Waals surface area contributed by atoms with Crippen LogP contribution >= 0.6 is 0 Å². The Morgan fingerprint density at radius 2 is 1.56 bits per heavy atom. The largest absolute Gasteiger partial charge is 0.497 e. The molecule has 2 aromatic carbocycles. The number of hydrogen-bond acceptors (Lipinski definition) is 2. The van der Waals surface area contributed by atoms with Crippen molar-refractivity contribution >= 4 is 0 Å². The third kappa shape index (κ3) is 2.01. The van der Waals surface area contributed by atoms with Crippen LogP contribution in [-0.4, -0.2) is 14.2 Å². The van der Waals surface area contributed by atoms with Crippen molar-refractivity contribution in [3.63, 3.8) is 0 Å². The third-order valence-corrected chi connectivity index (χ3v) is 2.49. The van der Waals surface area contributed by atoms with Gasteiger partial charge in [0.25, 0.3) is 0 Å². The molecule has 0 atom stereocenters. The first-order valence-corrected chi connectivity index (χ1v) is 5.12.